The maximum absolute atomic E-state index is 13.4. The Morgan fingerprint density at radius 3 is 2.39 bits per heavy atom. The number of sulfonamides is 1. The summed E-state index contributed by atoms with van der Waals surface area (Å²) in [7, 11) is -3.54. The first-order valence-corrected chi connectivity index (χ1v) is 14.3. The first-order valence-electron chi connectivity index (χ1n) is 12.4. The van der Waals surface area contributed by atoms with Crippen LogP contribution in [0.5, 0.6) is 0 Å². The van der Waals surface area contributed by atoms with Gasteiger partial charge in [0.1, 0.15) is 11.9 Å². The van der Waals surface area contributed by atoms with Crippen molar-refractivity contribution in [1.29, 1.82) is 0 Å². The third kappa shape index (κ3) is 7.78. The van der Waals surface area contributed by atoms with Gasteiger partial charge in [0.05, 0.1) is 11.9 Å². The SMILES string of the molecule is Cc1cccc(N(CCCC(=O)N(Cc2ccc(F)cc2)C(C)C(=O)NC2CCCC2)S(C)(=O)=O)c1. The van der Waals surface area contributed by atoms with E-state index in [-0.39, 0.29) is 49.6 Å². The molecule has 0 radical (unpaired) electrons. The first-order chi connectivity index (χ1) is 17.0. The number of carbonyl (C=O) groups excluding carboxylic acids is 2. The quantitative estimate of drug-likeness (QED) is 0.485. The zero-order chi connectivity index (χ0) is 26.3. The van der Waals surface area contributed by atoms with Crippen molar-refractivity contribution in [3.63, 3.8) is 0 Å². The van der Waals surface area contributed by atoms with Gasteiger partial charge in [0.25, 0.3) is 0 Å². The fraction of sp³-hybridized carbons (Fsp3) is 0.481. The Morgan fingerprint density at radius 2 is 1.78 bits per heavy atom. The summed E-state index contributed by atoms with van der Waals surface area (Å²) in [6.07, 6.45) is 5.53. The summed E-state index contributed by atoms with van der Waals surface area (Å²) in [4.78, 5) is 27.8. The number of aryl methyl sites for hydroxylation is 1. The van der Waals surface area contributed by atoms with E-state index in [2.05, 4.69) is 5.32 Å². The van der Waals surface area contributed by atoms with Crippen molar-refractivity contribution >= 4 is 27.5 Å². The van der Waals surface area contributed by atoms with Crippen LogP contribution in [0.2, 0.25) is 0 Å². The van der Waals surface area contributed by atoms with Crippen LogP contribution in [0.3, 0.4) is 0 Å². The molecule has 1 aliphatic rings. The topological polar surface area (TPSA) is 86.8 Å². The van der Waals surface area contributed by atoms with Gasteiger partial charge in [0, 0.05) is 25.6 Å². The number of amides is 2. The van der Waals surface area contributed by atoms with Crippen LogP contribution in [0, 0.1) is 12.7 Å². The molecule has 7 nitrogen and oxygen atoms in total. The van der Waals surface area contributed by atoms with E-state index in [9.17, 15) is 22.4 Å². The number of rotatable bonds is 11. The minimum atomic E-state index is -3.54. The number of hydrogen-bond acceptors (Lipinski definition) is 4. The molecule has 1 saturated carbocycles. The van der Waals surface area contributed by atoms with E-state index in [4.69, 9.17) is 0 Å². The molecule has 1 atom stereocenters. The van der Waals surface area contributed by atoms with Crippen LogP contribution in [0.4, 0.5) is 10.1 Å². The Morgan fingerprint density at radius 1 is 1.11 bits per heavy atom. The molecule has 2 amide bonds. The molecule has 1 fully saturated rings. The third-order valence-corrected chi connectivity index (χ3v) is 7.77. The van der Waals surface area contributed by atoms with Crippen LogP contribution < -0.4 is 9.62 Å². The van der Waals surface area contributed by atoms with Crippen molar-refractivity contribution in [3.8, 4) is 0 Å². The molecule has 0 spiro atoms. The highest BCUT2D eigenvalue weighted by Crippen LogP contribution is 2.21. The summed E-state index contributed by atoms with van der Waals surface area (Å²) in [5.74, 6) is -0.846. The Balaban J connectivity index is 1.71. The van der Waals surface area contributed by atoms with Crippen molar-refractivity contribution in [2.45, 2.75) is 71.0 Å². The zero-order valence-corrected chi connectivity index (χ0v) is 22.1. The molecule has 1 N–H and O–H groups in total. The van der Waals surface area contributed by atoms with Gasteiger partial charge in [-0.3, -0.25) is 13.9 Å². The summed E-state index contributed by atoms with van der Waals surface area (Å²) in [6.45, 7) is 3.88. The Hall–Kier alpha value is -2.94. The van der Waals surface area contributed by atoms with Crippen molar-refractivity contribution in [2.75, 3.05) is 17.1 Å². The van der Waals surface area contributed by atoms with Crippen LogP contribution in [0.15, 0.2) is 48.5 Å². The molecule has 0 saturated heterocycles. The molecule has 0 bridgehead atoms. The van der Waals surface area contributed by atoms with Gasteiger partial charge < -0.3 is 10.2 Å². The number of hydrogen-bond donors (Lipinski definition) is 1. The molecule has 36 heavy (non-hydrogen) atoms. The summed E-state index contributed by atoms with van der Waals surface area (Å²) < 4.78 is 39.6. The molecule has 3 rings (SSSR count). The second kappa shape index (κ2) is 12.3. The lowest BCUT2D eigenvalue weighted by Gasteiger charge is -2.30. The van der Waals surface area contributed by atoms with E-state index in [0.717, 1.165) is 37.5 Å². The zero-order valence-electron chi connectivity index (χ0n) is 21.2. The number of benzene rings is 2. The van der Waals surface area contributed by atoms with Crippen molar-refractivity contribution in [3.05, 3.63) is 65.5 Å². The average Bonchev–Trinajstić information content (AvgIpc) is 3.33. The molecule has 2 aromatic rings. The Kier molecular flexibility index (Phi) is 9.48. The second-order valence-corrected chi connectivity index (χ2v) is 11.5. The molecule has 1 aliphatic carbocycles. The van der Waals surface area contributed by atoms with Gasteiger partial charge in [-0.1, -0.05) is 37.1 Å². The van der Waals surface area contributed by atoms with E-state index in [0.29, 0.717) is 11.3 Å². The van der Waals surface area contributed by atoms with Gasteiger partial charge in [0.15, 0.2) is 0 Å². The second-order valence-electron chi connectivity index (χ2n) is 9.59. The van der Waals surface area contributed by atoms with Crippen molar-refractivity contribution < 1.29 is 22.4 Å². The average molecular weight is 518 g/mol. The number of anilines is 1. The van der Waals surface area contributed by atoms with Crippen LogP contribution in [-0.4, -0.2) is 50.0 Å². The molecule has 196 valence electrons. The lowest BCUT2D eigenvalue weighted by atomic mass is 10.1. The standard InChI is InChI=1S/C27H36FN3O4S/c1-20-8-6-11-25(18-20)31(36(3,34)35)17-7-12-26(32)30(19-22-13-15-23(28)16-14-22)21(2)27(33)29-24-9-4-5-10-24/h6,8,11,13-16,18,21,24H,4-5,7,9-10,12,17,19H2,1-3H3,(H,29,33). The molecule has 0 aromatic heterocycles. The van der Waals surface area contributed by atoms with Gasteiger partial charge in [-0.15, -0.1) is 0 Å². The number of halogens is 1. The number of nitrogens with zero attached hydrogens (tertiary/aromatic N) is 2. The summed E-state index contributed by atoms with van der Waals surface area (Å²) in [5.41, 5.74) is 2.20. The molecule has 0 heterocycles. The summed E-state index contributed by atoms with van der Waals surface area (Å²) in [6, 6.07) is 12.5. The van der Waals surface area contributed by atoms with Gasteiger partial charge in [-0.25, -0.2) is 12.8 Å². The molecular formula is C27H36FN3O4S. The fourth-order valence-electron chi connectivity index (χ4n) is 4.55. The van der Waals surface area contributed by atoms with Gasteiger partial charge in [-0.05, 0) is 68.5 Å². The highest BCUT2D eigenvalue weighted by atomic mass is 32.2. The van der Waals surface area contributed by atoms with E-state index in [1.807, 2.05) is 13.0 Å². The Bertz CT molecular complexity index is 1150. The highest BCUT2D eigenvalue weighted by molar-refractivity contribution is 7.92. The maximum atomic E-state index is 13.4. The number of nitrogens with one attached hydrogen (secondary N) is 1. The lowest BCUT2D eigenvalue weighted by molar-refractivity contribution is -0.141. The molecular weight excluding hydrogens is 481 g/mol. The normalized spacial score (nSPS) is 14.9. The van der Waals surface area contributed by atoms with E-state index < -0.39 is 16.1 Å². The predicted octanol–water partition coefficient (Wildman–Crippen LogP) is 4.16. The molecule has 1 unspecified atom stereocenters. The third-order valence-electron chi connectivity index (χ3n) is 6.58. The van der Waals surface area contributed by atoms with Crippen LogP contribution in [0.25, 0.3) is 0 Å². The largest absolute Gasteiger partial charge is 0.352 e. The molecule has 0 aliphatic heterocycles. The first kappa shape index (κ1) is 27.6. The van der Waals surface area contributed by atoms with Crippen molar-refractivity contribution in [1.82, 2.24) is 10.2 Å². The predicted molar refractivity (Wildman–Crippen MR) is 139 cm³/mol. The molecule has 2 aromatic carbocycles. The summed E-state index contributed by atoms with van der Waals surface area (Å²) >= 11 is 0. The minimum Gasteiger partial charge on any atom is -0.352 e. The highest BCUT2D eigenvalue weighted by Gasteiger charge is 2.28. The van der Waals surface area contributed by atoms with Crippen LogP contribution in [0.1, 0.15) is 56.6 Å². The summed E-state index contributed by atoms with van der Waals surface area (Å²) in [5, 5.41) is 3.05. The lowest BCUT2D eigenvalue weighted by Crippen LogP contribution is -2.49. The maximum Gasteiger partial charge on any atom is 0.242 e. The van der Waals surface area contributed by atoms with E-state index in [1.165, 1.54) is 21.3 Å². The van der Waals surface area contributed by atoms with Crippen molar-refractivity contribution in [2.24, 2.45) is 0 Å². The fourth-order valence-corrected chi connectivity index (χ4v) is 5.51. The number of carbonyl (C=O) groups is 2. The van der Waals surface area contributed by atoms with E-state index in [1.54, 1.807) is 37.3 Å². The Labute approximate surface area is 213 Å². The monoisotopic (exact) mass is 517 g/mol. The van der Waals surface area contributed by atoms with Crippen LogP contribution >= 0.6 is 0 Å². The van der Waals surface area contributed by atoms with Crippen LogP contribution in [-0.2, 0) is 26.2 Å². The van der Waals surface area contributed by atoms with Gasteiger partial charge in [0.2, 0.25) is 21.8 Å². The van der Waals surface area contributed by atoms with Gasteiger partial charge in [-0.2, -0.15) is 0 Å². The van der Waals surface area contributed by atoms with Gasteiger partial charge >= 0.3 is 0 Å². The van der Waals surface area contributed by atoms with E-state index >= 15 is 0 Å². The smallest absolute Gasteiger partial charge is 0.242 e. The minimum absolute atomic E-state index is 0.0695. The molecule has 9 heteroatoms.